The summed E-state index contributed by atoms with van der Waals surface area (Å²) < 4.78 is 10.7. The molecule has 0 saturated carbocycles. The van der Waals surface area contributed by atoms with Crippen LogP contribution >= 0.6 is 11.6 Å². The number of aromatic nitrogens is 1. The maximum absolute atomic E-state index is 11.9. The molecule has 0 aliphatic carbocycles. The average molecular weight is 362 g/mol. The Balaban J connectivity index is 1.44. The molecule has 1 aliphatic heterocycles. The van der Waals surface area contributed by atoms with Gasteiger partial charge in [-0.1, -0.05) is 29.8 Å². The first-order chi connectivity index (χ1) is 12.2. The summed E-state index contributed by atoms with van der Waals surface area (Å²) in [5.41, 5.74) is 0.933. The maximum atomic E-state index is 11.9. The molecule has 0 atom stereocenters. The van der Waals surface area contributed by atoms with E-state index in [4.69, 9.17) is 21.1 Å². The van der Waals surface area contributed by atoms with E-state index in [2.05, 4.69) is 15.2 Å². The zero-order valence-corrected chi connectivity index (χ0v) is 14.5. The Hall–Kier alpha value is -2.31. The summed E-state index contributed by atoms with van der Waals surface area (Å²) in [4.78, 5) is 18.5. The van der Waals surface area contributed by atoms with Crippen molar-refractivity contribution in [2.24, 2.45) is 0 Å². The Bertz CT molecular complexity index is 703. The van der Waals surface area contributed by atoms with Gasteiger partial charge in [0.1, 0.15) is 11.6 Å². The normalized spacial score (nSPS) is 14.2. The number of carbonyl (C=O) groups is 1. The van der Waals surface area contributed by atoms with Crippen molar-refractivity contribution in [3.8, 4) is 5.75 Å². The lowest BCUT2D eigenvalue weighted by Gasteiger charge is -2.27. The number of hydrogen-bond donors (Lipinski definition) is 1. The van der Waals surface area contributed by atoms with Gasteiger partial charge in [0.2, 0.25) is 0 Å². The van der Waals surface area contributed by atoms with Crippen LogP contribution in [-0.2, 0) is 16.1 Å². The zero-order chi connectivity index (χ0) is 17.5. The molecule has 132 valence electrons. The highest BCUT2D eigenvalue weighted by Crippen LogP contribution is 2.22. The molecule has 1 N–H and O–H groups in total. The van der Waals surface area contributed by atoms with Crippen LogP contribution in [0.3, 0.4) is 0 Å². The molecule has 1 saturated heterocycles. The van der Waals surface area contributed by atoms with Crippen LogP contribution in [0.1, 0.15) is 5.56 Å². The highest BCUT2D eigenvalue weighted by atomic mass is 35.5. The fourth-order valence-corrected chi connectivity index (χ4v) is 2.65. The molecule has 0 bridgehead atoms. The third-order valence-electron chi connectivity index (χ3n) is 3.83. The fourth-order valence-electron chi connectivity index (χ4n) is 2.46. The molecule has 1 aromatic heterocycles. The predicted octanol–water partition coefficient (Wildman–Crippen LogP) is 2.27. The quantitative estimate of drug-likeness (QED) is 0.855. The number of morpholine rings is 1. The molecule has 1 aromatic carbocycles. The third-order valence-corrected chi connectivity index (χ3v) is 4.14. The van der Waals surface area contributed by atoms with Gasteiger partial charge in [-0.25, -0.2) is 4.98 Å². The van der Waals surface area contributed by atoms with Crippen LogP contribution in [0.5, 0.6) is 5.75 Å². The number of halogens is 1. The van der Waals surface area contributed by atoms with Crippen molar-refractivity contribution >= 4 is 23.3 Å². The summed E-state index contributed by atoms with van der Waals surface area (Å²) >= 11 is 5.98. The monoisotopic (exact) mass is 361 g/mol. The number of rotatable bonds is 6. The van der Waals surface area contributed by atoms with Gasteiger partial charge < -0.3 is 19.7 Å². The second kappa shape index (κ2) is 8.69. The van der Waals surface area contributed by atoms with Crippen LogP contribution in [0, 0.1) is 0 Å². The van der Waals surface area contributed by atoms with E-state index < -0.39 is 0 Å². The molecule has 2 aromatic rings. The van der Waals surface area contributed by atoms with Gasteiger partial charge in [-0.3, -0.25) is 4.79 Å². The standard InChI is InChI=1S/C18H20ClN3O3/c19-15-3-1-2-4-16(15)25-13-18(23)21-12-14-5-6-17(20-11-14)22-7-9-24-10-8-22/h1-6,11H,7-10,12-13H2,(H,21,23). The highest BCUT2D eigenvalue weighted by molar-refractivity contribution is 6.32. The summed E-state index contributed by atoms with van der Waals surface area (Å²) in [6.45, 7) is 3.48. The summed E-state index contributed by atoms with van der Waals surface area (Å²) in [5.74, 6) is 1.22. The van der Waals surface area contributed by atoms with Crippen LogP contribution in [0.2, 0.25) is 5.02 Å². The van der Waals surface area contributed by atoms with Crippen molar-refractivity contribution in [3.63, 3.8) is 0 Å². The lowest BCUT2D eigenvalue weighted by Crippen LogP contribution is -2.36. The minimum Gasteiger partial charge on any atom is -0.482 e. The lowest BCUT2D eigenvalue weighted by atomic mass is 10.2. The van der Waals surface area contributed by atoms with E-state index in [9.17, 15) is 4.79 Å². The van der Waals surface area contributed by atoms with Crippen LogP contribution in [0.25, 0.3) is 0 Å². The number of nitrogens with zero attached hydrogens (tertiary/aromatic N) is 2. The van der Waals surface area contributed by atoms with Gasteiger partial charge in [0.05, 0.1) is 18.2 Å². The Morgan fingerprint density at radius 1 is 1.24 bits per heavy atom. The number of para-hydroxylation sites is 1. The van der Waals surface area contributed by atoms with E-state index in [0.717, 1.165) is 37.7 Å². The smallest absolute Gasteiger partial charge is 0.258 e. The summed E-state index contributed by atoms with van der Waals surface area (Å²) in [6.07, 6.45) is 1.78. The lowest BCUT2D eigenvalue weighted by molar-refractivity contribution is -0.123. The van der Waals surface area contributed by atoms with Gasteiger partial charge >= 0.3 is 0 Å². The molecule has 0 radical (unpaired) electrons. The maximum Gasteiger partial charge on any atom is 0.258 e. The van der Waals surface area contributed by atoms with Crippen molar-refractivity contribution in [2.75, 3.05) is 37.8 Å². The molecule has 0 unspecified atom stereocenters. The topological polar surface area (TPSA) is 63.7 Å². The van der Waals surface area contributed by atoms with E-state index >= 15 is 0 Å². The highest BCUT2D eigenvalue weighted by Gasteiger charge is 2.12. The summed E-state index contributed by atoms with van der Waals surface area (Å²) in [7, 11) is 0. The minimum atomic E-state index is -0.211. The Kier molecular flexibility index (Phi) is 6.09. The van der Waals surface area contributed by atoms with Gasteiger partial charge in [-0.15, -0.1) is 0 Å². The predicted molar refractivity (Wildman–Crippen MR) is 96.1 cm³/mol. The van der Waals surface area contributed by atoms with E-state index in [1.165, 1.54) is 0 Å². The van der Waals surface area contributed by atoms with Crippen molar-refractivity contribution in [2.45, 2.75) is 6.54 Å². The number of hydrogen-bond acceptors (Lipinski definition) is 5. The summed E-state index contributed by atoms with van der Waals surface area (Å²) in [5, 5.41) is 3.29. The molecule has 7 heteroatoms. The summed E-state index contributed by atoms with van der Waals surface area (Å²) in [6, 6.07) is 11.0. The van der Waals surface area contributed by atoms with Crippen molar-refractivity contribution in [3.05, 3.63) is 53.2 Å². The number of amides is 1. The van der Waals surface area contributed by atoms with Crippen molar-refractivity contribution < 1.29 is 14.3 Å². The molecular formula is C18H20ClN3O3. The van der Waals surface area contributed by atoms with E-state index in [0.29, 0.717) is 17.3 Å². The second-order valence-corrected chi connectivity index (χ2v) is 6.03. The molecule has 0 spiro atoms. The van der Waals surface area contributed by atoms with Crippen molar-refractivity contribution in [1.82, 2.24) is 10.3 Å². The van der Waals surface area contributed by atoms with Gasteiger partial charge in [0, 0.05) is 25.8 Å². The van der Waals surface area contributed by atoms with E-state index in [1.54, 1.807) is 24.4 Å². The van der Waals surface area contributed by atoms with Gasteiger partial charge in [0.15, 0.2) is 6.61 Å². The molecule has 1 fully saturated rings. The van der Waals surface area contributed by atoms with Crippen LogP contribution in [-0.4, -0.2) is 43.8 Å². The number of ether oxygens (including phenoxy) is 2. The zero-order valence-electron chi connectivity index (χ0n) is 13.8. The molecular weight excluding hydrogens is 342 g/mol. The third kappa shape index (κ3) is 5.08. The van der Waals surface area contributed by atoms with E-state index in [1.807, 2.05) is 18.2 Å². The first kappa shape index (κ1) is 17.5. The number of carbonyl (C=O) groups excluding carboxylic acids is 1. The number of anilines is 1. The number of pyridine rings is 1. The molecule has 1 aliphatic rings. The molecule has 6 nitrogen and oxygen atoms in total. The Morgan fingerprint density at radius 2 is 2.04 bits per heavy atom. The van der Waals surface area contributed by atoms with Crippen LogP contribution < -0.4 is 15.0 Å². The first-order valence-electron chi connectivity index (χ1n) is 8.14. The average Bonchev–Trinajstić information content (AvgIpc) is 2.67. The minimum absolute atomic E-state index is 0.0803. The molecule has 1 amide bonds. The molecule has 25 heavy (non-hydrogen) atoms. The first-order valence-corrected chi connectivity index (χ1v) is 8.52. The van der Waals surface area contributed by atoms with E-state index in [-0.39, 0.29) is 12.5 Å². The molecule has 3 rings (SSSR count). The Morgan fingerprint density at radius 3 is 2.76 bits per heavy atom. The van der Waals surface area contributed by atoms with Crippen LogP contribution in [0.15, 0.2) is 42.6 Å². The van der Waals surface area contributed by atoms with Crippen LogP contribution in [0.4, 0.5) is 5.82 Å². The van der Waals surface area contributed by atoms with Gasteiger partial charge in [-0.2, -0.15) is 0 Å². The number of benzene rings is 1. The van der Waals surface area contributed by atoms with Gasteiger partial charge in [-0.05, 0) is 23.8 Å². The second-order valence-electron chi connectivity index (χ2n) is 5.62. The van der Waals surface area contributed by atoms with Crippen molar-refractivity contribution in [1.29, 1.82) is 0 Å². The molecule has 2 heterocycles. The SMILES string of the molecule is O=C(COc1ccccc1Cl)NCc1ccc(N2CCOCC2)nc1. The fraction of sp³-hybridized carbons (Fsp3) is 0.333. The number of nitrogens with one attached hydrogen (secondary N) is 1. The van der Waals surface area contributed by atoms with Gasteiger partial charge in [0.25, 0.3) is 5.91 Å². The Labute approximate surface area is 151 Å². The largest absolute Gasteiger partial charge is 0.482 e.